The van der Waals surface area contributed by atoms with Crippen LogP contribution >= 0.6 is 0 Å². The number of rotatable bonds is 2. The molecule has 0 radical (unpaired) electrons. The van der Waals surface area contributed by atoms with Crippen molar-refractivity contribution in [2.45, 2.75) is 6.92 Å². The molecule has 3 rings (SSSR count). The summed E-state index contributed by atoms with van der Waals surface area (Å²) in [6.45, 7) is 2.12. The molecule has 0 fully saturated rings. The van der Waals surface area contributed by atoms with Crippen molar-refractivity contribution in [1.82, 2.24) is 0 Å². The van der Waals surface area contributed by atoms with Crippen LogP contribution in [0.5, 0.6) is 0 Å². The van der Waals surface area contributed by atoms with Crippen LogP contribution in [0.1, 0.15) is 5.56 Å². The van der Waals surface area contributed by atoms with Gasteiger partial charge in [-0.3, -0.25) is 0 Å². The predicted molar refractivity (Wildman–Crippen MR) is 80.9 cm³/mol. The maximum atomic E-state index is 3.53. The average Bonchev–Trinajstić information content (AvgIpc) is 2.49. The standard InChI is InChI=1S/C19H16N.W/c1-15-11-12-17(16-8-4-3-5-9-16)14-18(15)19-10-6-7-13-20(19)2;/h3-8,10-13H,1-2H3;/q-1;+2. The zero-order valence-electron chi connectivity index (χ0n) is 12.1. The molecule has 0 saturated carbocycles. The Kier molecular flexibility index (Phi) is 5.09. The fraction of sp³-hybridized carbons (Fsp3) is 0.105. The first kappa shape index (κ1) is 15.7. The van der Waals surface area contributed by atoms with Crippen LogP contribution in [0.2, 0.25) is 0 Å². The smallest absolute Gasteiger partial charge is 0.234 e. The van der Waals surface area contributed by atoms with Gasteiger partial charge in [0.05, 0.1) is 0 Å². The van der Waals surface area contributed by atoms with E-state index in [2.05, 4.69) is 67.2 Å². The Morgan fingerprint density at radius 2 is 1.71 bits per heavy atom. The number of nitrogens with zero attached hydrogens (tertiary/aromatic N) is 1. The molecule has 0 aliphatic heterocycles. The summed E-state index contributed by atoms with van der Waals surface area (Å²) >= 11 is 0. The van der Waals surface area contributed by atoms with E-state index in [1.165, 1.54) is 11.3 Å². The fourth-order valence-electron chi connectivity index (χ4n) is 2.33. The van der Waals surface area contributed by atoms with Crippen molar-refractivity contribution in [2.75, 3.05) is 0 Å². The van der Waals surface area contributed by atoms with E-state index in [0.29, 0.717) is 0 Å². The second-order valence-corrected chi connectivity index (χ2v) is 4.90. The minimum atomic E-state index is 0. The zero-order chi connectivity index (χ0) is 13.9. The van der Waals surface area contributed by atoms with Crippen LogP contribution in [0.3, 0.4) is 0 Å². The Morgan fingerprint density at radius 3 is 2.43 bits per heavy atom. The van der Waals surface area contributed by atoms with E-state index in [1.807, 2.05) is 24.3 Å². The molecule has 0 unspecified atom stereocenters. The number of benzene rings is 2. The first-order valence-corrected chi connectivity index (χ1v) is 6.71. The van der Waals surface area contributed by atoms with Gasteiger partial charge in [-0.05, 0) is 6.07 Å². The van der Waals surface area contributed by atoms with Gasteiger partial charge in [0, 0.05) is 6.07 Å². The van der Waals surface area contributed by atoms with Gasteiger partial charge in [-0.25, -0.2) is 10.1 Å². The van der Waals surface area contributed by atoms with E-state index >= 15 is 0 Å². The third-order valence-corrected chi connectivity index (χ3v) is 3.46. The molecule has 2 heteroatoms. The van der Waals surface area contributed by atoms with Crippen molar-refractivity contribution in [1.29, 1.82) is 0 Å². The molecule has 0 amide bonds. The molecule has 0 saturated heterocycles. The van der Waals surface area contributed by atoms with Crippen LogP contribution in [-0.4, -0.2) is 0 Å². The van der Waals surface area contributed by atoms with E-state index in [9.17, 15) is 0 Å². The van der Waals surface area contributed by atoms with Gasteiger partial charge in [0.15, 0.2) is 6.20 Å². The van der Waals surface area contributed by atoms with E-state index in [1.54, 1.807) is 0 Å². The summed E-state index contributed by atoms with van der Waals surface area (Å²) in [6.07, 6.45) is 2.06. The fourth-order valence-corrected chi connectivity index (χ4v) is 2.33. The molecule has 3 aromatic rings. The summed E-state index contributed by atoms with van der Waals surface area (Å²) in [5.41, 5.74) is 5.69. The molecule has 1 aromatic heterocycles. The van der Waals surface area contributed by atoms with Gasteiger partial charge in [-0.15, -0.1) is 17.7 Å². The summed E-state index contributed by atoms with van der Waals surface area (Å²) in [5, 5.41) is 0. The second-order valence-electron chi connectivity index (χ2n) is 4.90. The summed E-state index contributed by atoms with van der Waals surface area (Å²) < 4.78 is 2.12. The first-order chi connectivity index (χ1) is 9.75. The molecule has 21 heavy (non-hydrogen) atoms. The third kappa shape index (κ3) is 3.31. The number of hydrogen-bond acceptors (Lipinski definition) is 0. The van der Waals surface area contributed by atoms with E-state index in [4.69, 9.17) is 0 Å². The van der Waals surface area contributed by atoms with E-state index in [-0.39, 0.29) is 21.1 Å². The summed E-state index contributed by atoms with van der Waals surface area (Å²) in [5.74, 6) is 0. The summed E-state index contributed by atoms with van der Waals surface area (Å²) in [7, 11) is 2.06. The van der Waals surface area contributed by atoms with E-state index < -0.39 is 0 Å². The van der Waals surface area contributed by atoms with Gasteiger partial charge < -0.3 is 0 Å². The van der Waals surface area contributed by atoms with Crippen LogP contribution < -0.4 is 4.57 Å². The molecular weight excluding hydrogens is 426 g/mol. The van der Waals surface area contributed by atoms with Crippen molar-refractivity contribution in [3.8, 4) is 22.4 Å². The SMILES string of the molecule is Cc1ccc(-c2[c-]cccc2)[c-]c1-c1cccc[n+]1C.[W+2]. The van der Waals surface area contributed by atoms with Gasteiger partial charge >= 0.3 is 21.1 Å². The normalized spacial score (nSPS) is 10.0. The zero-order valence-corrected chi connectivity index (χ0v) is 15.1. The first-order valence-electron chi connectivity index (χ1n) is 6.71. The minimum absolute atomic E-state index is 0. The van der Waals surface area contributed by atoms with Crippen LogP contribution in [0.15, 0.2) is 60.8 Å². The van der Waals surface area contributed by atoms with Crippen molar-refractivity contribution in [3.63, 3.8) is 0 Å². The summed E-state index contributed by atoms with van der Waals surface area (Å²) in [4.78, 5) is 0. The van der Waals surface area contributed by atoms with Crippen molar-refractivity contribution < 1.29 is 25.6 Å². The molecule has 0 spiro atoms. The van der Waals surface area contributed by atoms with Crippen molar-refractivity contribution in [3.05, 3.63) is 78.5 Å². The molecule has 0 N–H and O–H groups in total. The molecule has 0 aliphatic carbocycles. The molecule has 1 heterocycles. The van der Waals surface area contributed by atoms with Crippen molar-refractivity contribution in [2.24, 2.45) is 7.05 Å². The molecule has 0 bridgehead atoms. The van der Waals surface area contributed by atoms with Crippen LogP contribution in [0.25, 0.3) is 22.4 Å². The Bertz CT molecular complexity index is 736. The quantitative estimate of drug-likeness (QED) is 0.421. The maximum absolute atomic E-state index is 3.53. The van der Waals surface area contributed by atoms with Gasteiger partial charge in [0.1, 0.15) is 12.7 Å². The molecule has 0 aliphatic rings. The van der Waals surface area contributed by atoms with Gasteiger partial charge in [0.2, 0.25) is 0 Å². The van der Waals surface area contributed by atoms with Crippen LogP contribution in [0.4, 0.5) is 0 Å². The molecular formula is C19H16NW+. The molecule has 102 valence electrons. The Balaban J connectivity index is 0.00000161. The average molecular weight is 442 g/mol. The van der Waals surface area contributed by atoms with Crippen LogP contribution in [0, 0.1) is 19.1 Å². The summed E-state index contributed by atoms with van der Waals surface area (Å²) in [6, 6.07) is 25.3. The minimum Gasteiger partial charge on any atom is -0.234 e. The number of hydrogen-bond donors (Lipinski definition) is 0. The maximum Gasteiger partial charge on any atom is 2.00 e. The topological polar surface area (TPSA) is 3.88 Å². The van der Waals surface area contributed by atoms with Crippen molar-refractivity contribution >= 4 is 0 Å². The predicted octanol–water partition coefficient (Wildman–Crippen LogP) is 3.75. The molecule has 0 atom stereocenters. The number of aromatic nitrogens is 1. The van der Waals surface area contributed by atoms with Gasteiger partial charge in [-0.1, -0.05) is 18.6 Å². The largest absolute Gasteiger partial charge is 2.00 e. The van der Waals surface area contributed by atoms with Gasteiger partial charge in [-0.2, -0.15) is 42.0 Å². The van der Waals surface area contributed by atoms with Crippen LogP contribution in [-0.2, 0) is 28.1 Å². The van der Waals surface area contributed by atoms with E-state index in [0.717, 1.165) is 16.7 Å². The Labute approximate surface area is 140 Å². The Morgan fingerprint density at radius 1 is 0.905 bits per heavy atom. The van der Waals surface area contributed by atoms with Gasteiger partial charge in [0.25, 0.3) is 0 Å². The third-order valence-electron chi connectivity index (χ3n) is 3.46. The number of aryl methyl sites for hydroxylation is 2. The monoisotopic (exact) mass is 442 g/mol. The number of pyridine rings is 1. The molecule has 1 nitrogen and oxygen atoms in total. The molecule has 2 aromatic carbocycles. The second kappa shape index (κ2) is 6.82. The Hall–Kier alpha value is -1.72.